The molecule has 1 aromatic rings. The Balaban J connectivity index is 2.67. The Morgan fingerprint density at radius 3 is 2.50 bits per heavy atom. The Hall–Kier alpha value is -0.800. The van der Waals surface area contributed by atoms with Crippen LogP contribution in [0.25, 0.3) is 0 Å². The first kappa shape index (κ1) is 13.3. The van der Waals surface area contributed by atoms with Crippen LogP contribution in [0, 0.1) is 13.8 Å². The number of hydrogen-bond acceptors (Lipinski definition) is 2. The average molecular weight is 224 g/mol. The molecule has 0 unspecified atom stereocenters. The van der Waals surface area contributed by atoms with Crippen molar-refractivity contribution in [2.75, 3.05) is 6.61 Å². The third kappa shape index (κ3) is 2.86. The third-order valence-corrected chi connectivity index (χ3v) is 3.29. The molecule has 16 heavy (non-hydrogen) atoms. The van der Waals surface area contributed by atoms with E-state index in [0.717, 1.165) is 19.5 Å². The van der Waals surface area contributed by atoms with Crippen molar-refractivity contribution in [1.29, 1.82) is 0 Å². The van der Waals surface area contributed by atoms with Crippen LogP contribution in [0.3, 0.4) is 0 Å². The molecule has 1 aromatic heterocycles. The van der Waals surface area contributed by atoms with E-state index in [4.69, 9.17) is 5.11 Å². The number of nitrogens with zero attached hydrogens (tertiary/aromatic N) is 1. The van der Waals surface area contributed by atoms with Gasteiger partial charge in [-0.2, -0.15) is 0 Å². The van der Waals surface area contributed by atoms with Crippen LogP contribution in [0.5, 0.6) is 0 Å². The zero-order valence-electron chi connectivity index (χ0n) is 10.9. The van der Waals surface area contributed by atoms with Crippen molar-refractivity contribution in [1.82, 2.24) is 9.88 Å². The zero-order valence-corrected chi connectivity index (χ0v) is 10.9. The highest BCUT2D eigenvalue weighted by atomic mass is 16.3. The van der Waals surface area contributed by atoms with E-state index in [1.165, 1.54) is 17.0 Å². The van der Waals surface area contributed by atoms with Gasteiger partial charge in [0.25, 0.3) is 0 Å². The van der Waals surface area contributed by atoms with Gasteiger partial charge in [0.1, 0.15) is 0 Å². The second kappa shape index (κ2) is 6.06. The molecule has 0 amide bonds. The number of aliphatic hydroxyl groups excluding tert-OH is 1. The molecule has 0 bridgehead atoms. The predicted octanol–water partition coefficient (Wildman–Crippen LogP) is 1.99. The van der Waals surface area contributed by atoms with E-state index in [1.807, 2.05) is 0 Å². The van der Waals surface area contributed by atoms with Crippen molar-refractivity contribution < 1.29 is 5.11 Å². The van der Waals surface area contributed by atoms with E-state index in [1.54, 1.807) is 0 Å². The van der Waals surface area contributed by atoms with Crippen LogP contribution in [0.15, 0.2) is 6.07 Å². The van der Waals surface area contributed by atoms with Crippen LogP contribution < -0.4 is 5.32 Å². The molecule has 2 N–H and O–H groups in total. The molecule has 3 heteroatoms. The lowest BCUT2D eigenvalue weighted by Gasteiger charge is -2.14. The lowest BCUT2D eigenvalue weighted by Crippen LogP contribution is -2.31. The monoisotopic (exact) mass is 224 g/mol. The molecule has 0 aliphatic heterocycles. The molecule has 0 spiro atoms. The molecule has 0 radical (unpaired) electrons. The normalized spacial score (nSPS) is 13.1. The molecule has 92 valence electrons. The molecular formula is C13H24N2O. The average Bonchev–Trinajstić information content (AvgIpc) is 2.55. The highest BCUT2D eigenvalue weighted by Gasteiger charge is 2.09. The summed E-state index contributed by atoms with van der Waals surface area (Å²) in [6, 6.07) is 2.44. The van der Waals surface area contributed by atoms with Crippen LogP contribution in [0.2, 0.25) is 0 Å². The molecule has 0 saturated heterocycles. The second-order valence-corrected chi connectivity index (χ2v) is 4.31. The topological polar surface area (TPSA) is 37.2 Å². The van der Waals surface area contributed by atoms with Gasteiger partial charge in [-0.25, -0.2) is 0 Å². The van der Waals surface area contributed by atoms with Crippen LogP contribution in [0.4, 0.5) is 0 Å². The van der Waals surface area contributed by atoms with Gasteiger partial charge in [0.05, 0.1) is 6.61 Å². The van der Waals surface area contributed by atoms with Crippen LogP contribution in [0.1, 0.15) is 37.2 Å². The fraction of sp³-hybridized carbons (Fsp3) is 0.692. The second-order valence-electron chi connectivity index (χ2n) is 4.31. The Morgan fingerprint density at radius 1 is 1.38 bits per heavy atom. The summed E-state index contributed by atoms with van der Waals surface area (Å²) in [5.41, 5.74) is 3.99. The zero-order chi connectivity index (χ0) is 12.1. The van der Waals surface area contributed by atoms with Gasteiger partial charge in [-0.3, -0.25) is 0 Å². The SMILES string of the molecule is CC[C@@H](CO)NCc1cc(C)n(CC)c1C. The molecule has 0 fully saturated rings. The minimum Gasteiger partial charge on any atom is -0.395 e. The maximum Gasteiger partial charge on any atom is 0.0584 e. The minimum atomic E-state index is 0.211. The van der Waals surface area contributed by atoms with E-state index in [-0.39, 0.29) is 12.6 Å². The standard InChI is InChI=1S/C13H24N2O/c1-5-13(9-16)14-8-12-7-10(3)15(6-2)11(12)4/h7,13-14,16H,5-6,8-9H2,1-4H3/t13-/m0/s1. The Kier molecular flexibility index (Phi) is 5.03. The third-order valence-electron chi connectivity index (χ3n) is 3.29. The van der Waals surface area contributed by atoms with Crippen LogP contribution >= 0.6 is 0 Å². The summed E-state index contributed by atoms with van der Waals surface area (Å²) in [5, 5.41) is 12.5. The van der Waals surface area contributed by atoms with Gasteiger partial charge in [-0.1, -0.05) is 6.92 Å². The summed E-state index contributed by atoms with van der Waals surface area (Å²) < 4.78 is 2.32. The van der Waals surface area contributed by atoms with Crippen molar-refractivity contribution in [2.45, 2.75) is 53.2 Å². The molecule has 0 aromatic carbocycles. The fourth-order valence-corrected chi connectivity index (χ4v) is 2.13. The number of aryl methyl sites for hydroxylation is 1. The molecular weight excluding hydrogens is 200 g/mol. The molecule has 1 rings (SSSR count). The summed E-state index contributed by atoms with van der Waals surface area (Å²) in [7, 11) is 0. The Morgan fingerprint density at radius 2 is 2.06 bits per heavy atom. The molecule has 0 aliphatic rings. The molecule has 1 heterocycles. The van der Waals surface area contributed by atoms with Gasteiger partial charge in [0.2, 0.25) is 0 Å². The van der Waals surface area contributed by atoms with Crippen molar-refractivity contribution in [3.63, 3.8) is 0 Å². The van der Waals surface area contributed by atoms with Crippen molar-refractivity contribution in [2.24, 2.45) is 0 Å². The van der Waals surface area contributed by atoms with E-state index in [9.17, 15) is 0 Å². The van der Waals surface area contributed by atoms with Crippen molar-refractivity contribution in [3.8, 4) is 0 Å². The lowest BCUT2D eigenvalue weighted by atomic mass is 10.2. The highest BCUT2D eigenvalue weighted by Crippen LogP contribution is 2.14. The van der Waals surface area contributed by atoms with E-state index < -0.39 is 0 Å². The van der Waals surface area contributed by atoms with Gasteiger partial charge in [-0.15, -0.1) is 0 Å². The number of hydrogen-bond donors (Lipinski definition) is 2. The molecule has 0 aliphatic carbocycles. The van der Waals surface area contributed by atoms with E-state index in [2.05, 4.69) is 43.6 Å². The summed E-state index contributed by atoms with van der Waals surface area (Å²) in [4.78, 5) is 0. The largest absolute Gasteiger partial charge is 0.395 e. The minimum absolute atomic E-state index is 0.211. The first-order valence-electron chi connectivity index (χ1n) is 6.13. The molecule has 3 nitrogen and oxygen atoms in total. The van der Waals surface area contributed by atoms with Gasteiger partial charge < -0.3 is 15.0 Å². The van der Waals surface area contributed by atoms with E-state index in [0.29, 0.717) is 0 Å². The molecule has 1 atom stereocenters. The van der Waals surface area contributed by atoms with Gasteiger partial charge in [0.15, 0.2) is 0 Å². The number of rotatable bonds is 6. The fourth-order valence-electron chi connectivity index (χ4n) is 2.13. The van der Waals surface area contributed by atoms with Crippen molar-refractivity contribution in [3.05, 3.63) is 23.0 Å². The maximum absolute atomic E-state index is 9.11. The molecule has 0 saturated carbocycles. The highest BCUT2D eigenvalue weighted by molar-refractivity contribution is 5.26. The first-order chi connectivity index (χ1) is 7.63. The quantitative estimate of drug-likeness (QED) is 0.775. The van der Waals surface area contributed by atoms with Gasteiger partial charge in [-0.05, 0) is 38.8 Å². The summed E-state index contributed by atoms with van der Waals surface area (Å²) in [6.07, 6.45) is 0.961. The number of aromatic nitrogens is 1. The van der Waals surface area contributed by atoms with Crippen LogP contribution in [-0.4, -0.2) is 22.3 Å². The van der Waals surface area contributed by atoms with Gasteiger partial charge in [0, 0.05) is 30.5 Å². The summed E-state index contributed by atoms with van der Waals surface area (Å²) in [6.45, 7) is 10.6. The van der Waals surface area contributed by atoms with Gasteiger partial charge >= 0.3 is 0 Å². The smallest absolute Gasteiger partial charge is 0.0584 e. The van der Waals surface area contributed by atoms with Crippen molar-refractivity contribution >= 4 is 0 Å². The number of nitrogens with one attached hydrogen (secondary N) is 1. The number of aliphatic hydroxyl groups is 1. The lowest BCUT2D eigenvalue weighted by molar-refractivity contribution is 0.238. The van der Waals surface area contributed by atoms with Crippen LogP contribution in [-0.2, 0) is 13.1 Å². The first-order valence-corrected chi connectivity index (χ1v) is 6.13. The van der Waals surface area contributed by atoms with E-state index >= 15 is 0 Å². The predicted molar refractivity (Wildman–Crippen MR) is 67.6 cm³/mol. The summed E-state index contributed by atoms with van der Waals surface area (Å²) in [5.74, 6) is 0. The summed E-state index contributed by atoms with van der Waals surface area (Å²) >= 11 is 0. The Bertz CT molecular complexity index is 327. The maximum atomic E-state index is 9.11. The Labute approximate surface area is 98.5 Å².